The van der Waals surface area contributed by atoms with Gasteiger partial charge in [0.25, 0.3) is 5.91 Å². The minimum atomic E-state index is -0.902. The average molecular weight is 320 g/mol. The number of halogens is 2. The molecule has 0 saturated carbocycles. The molecule has 0 radical (unpaired) electrons. The summed E-state index contributed by atoms with van der Waals surface area (Å²) in [5.74, 6) is -1.62. The largest absolute Gasteiger partial charge is 0.382 e. The lowest BCUT2D eigenvalue weighted by atomic mass is 10.0. The third kappa shape index (κ3) is 2.92. The Balaban J connectivity index is 1.71. The summed E-state index contributed by atoms with van der Waals surface area (Å²) in [6.07, 6.45) is -0.844. The molecule has 0 bridgehead atoms. The zero-order valence-electron chi connectivity index (χ0n) is 12.5. The van der Waals surface area contributed by atoms with Crippen LogP contribution in [0.3, 0.4) is 0 Å². The molecule has 0 saturated heterocycles. The van der Waals surface area contributed by atoms with Gasteiger partial charge in [-0.15, -0.1) is 0 Å². The molecular formula is C15H14F2N4O2. The van der Waals surface area contributed by atoms with Crippen LogP contribution in [0.4, 0.5) is 14.5 Å². The highest BCUT2D eigenvalue weighted by Gasteiger charge is 2.31. The van der Waals surface area contributed by atoms with Gasteiger partial charge in [0.15, 0.2) is 0 Å². The molecule has 0 unspecified atom stereocenters. The summed E-state index contributed by atoms with van der Waals surface area (Å²) in [7, 11) is 0. The summed E-state index contributed by atoms with van der Waals surface area (Å²) in [5.41, 5.74) is 2.13. The number of carbonyl (C=O) groups excluding carboxylic acids is 1. The van der Waals surface area contributed by atoms with Crippen LogP contribution < -0.4 is 5.32 Å². The van der Waals surface area contributed by atoms with Gasteiger partial charge in [0.2, 0.25) is 6.10 Å². The van der Waals surface area contributed by atoms with Gasteiger partial charge < -0.3 is 10.2 Å². The van der Waals surface area contributed by atoms with Crippen molar-refractivity contribution in [3.05, 3.63) is 46.8 Å². The van der Waals surface area contributed by atoms with Gasteiger partial charge in [0.05, 0.1) is 22.8 Å². The Labute approximate surface area is 130 Å². The van der Waals surface area contributed by atoms with Gasteiger partial charge >= 0.3 is 0 Å². The van der Waals surface area contributed by atoms with Crippen molar-refractivity contribution in [1.82, 2.24) is 10.2 Å². The number of anilines is 1. The van der Waals surface area contributed by atoms with Gasteiger partial charge in [-0.25, -0.2) is 8.78 Å². The summed E-state index contributed by atoms with van der Waals surface area (Å²) < 4.78 is 27.0. The van der Waals surface area contributed by atoms with Crippen LogP contribution in [-0.2, 0) is 9.63 Å². The molecular weight excluding hydrogens is 306 g/mol. The van der Waals surface area contributed by atoms with E-state index in [4.69, 9.17) is 4.84 Å². The van der Waals surface area contributed by atoms with Crippen molar-refractivity contribution in [2.75, 3.05) is 5.32 Å². The van der Waals surface area contributed by atoms with E-state index in [9.17, 15) is 13.6 Å². The minimum Gasteiger partial charge on any atom is -0.382 e. The number of aromatic amines is 1. The summed E-state index contributed by atoms with van der Waals surface area (Å²) in [6, 6.07) is 3.06. The predicted octanol–water partition coefficient (Wildman–Crippen LogP) is 2.44. The number of rotatable bonds is 3. The van der Waals surface area contributed by atoms with E-state index in [-0.39, 0.29) is 17.7 Å². The van der Waals surface area contributed by atoms with E-state index in [0.717, 1.165) is 18.2 Å². The Morgan fingerprint density at radius 1 is 1.39 bits per heavy atom. The first kappa shape index (κ1) is 15.1. The first-order valence-corrected chi connectivity index (χ1v) is 6.96. The fourth-order valence-electron chi connectivity index (χ4n) is 2.33. The van der Waals surface area contributed by atoms with Crippen molar-refractivity contribution < 1.29 is 18.4 Å². The Morgan fingerprint density at radius 3 is 2.87 bits per heavy atom. The maximum absolute atomic E-state index is 13.7. The highest BCUT2D eigenvalue weighted by molar-refractivity contribution is 6.06. The molecule has 1 atom stereocenters. The molecule has 2 aromatic rings. The van der Waals surface area contributed by atoms with E-state index in [2.05, 4.69) is 20.7 Å². The number of hydrogen-bond acceptors (Lipinski definition) is 4. The summed E-state index contributed by atoms with van der Waals surface area (Å²) in [4.78, 5) is 17.3. The molecule has 1 aromatic carbocycles. The van der Waals surface area contributed by atoms with Crippen LogP contribution in [0.1, 0.15) is 23.4 Å². The van der Waals surface area contributed by atoms with Crippen molar-refractivity contribution in [3.8, 4) is 0 Å². The molecule has 0 fully saturated rings. The molecule has 120 valence electrons. The summed E-state index contributed by atoms with van der Waals surface area (Å²) in [6.45, 7) is 3.52. The second kappa shape index (κ2) is 5.79. The number of hydrogen-bond donors (Lipinski definition) is 2. The molecule has 1 aliphatic rings. The van der Waals surface area contributed by atoms with Crippen molar-refractivity contribution in [3.63, 3.8) is 0 Å². The van der Waals surface area contributed by atoms with Crippen molar-refractivity contribution >= 4 is 17.3 Å². The van der Waals surface area contributed by atoms with Crippen molar-refractivity contribution in [2.45, 2.75) is 26.4 Å². The van der Waals surface area contributed by atoms with E-state index in [1.807, 2.05) is 0 Å². The van der Waals surface area contributed by atoms with E-state index in [1.165, 1.54) is 0 Å². The summed E-state index contributed by atoms with van der Waals surface area (Å²) in [5, 5.41) is 13.1. The monoisotopic (exact) mass is 320 g/mol. The Hall–Kier alpha value is -2.77. The number of amides is 1. The van der Waals surface area contributed by atoms with Gasteiger partial charge in [0.1, 0.15) is 11.6 Å². The van der Waals surface area contributed by atoms with Gasteiger partial charge in [-0.2, -0.15) is 5.10 Å². The van der Waals surface area contributed by atoms with Crippen LogP contribution in [-0.4, -0.2) is 27.9 Å². The maximum atomic E-state index is 13.7. The minimum absolute atomic E-state index is 0.00373. The van der Waals surface area contributed by atoms with E-state index < -0.39 is 23.6 Å². The average Bonchev–Trinajstić information content (AvgIpc) is 3.12. The molecule has 0 spiro atoms. The van der Waals surface area contributed by atoms with Crippen LogP contribution in [0.2, 0.25) is 0 Å². The highest BCUT2D eigenvalue weighted by atomic mass is 19.1. The molecule has 1 amide bonds. The first-order chi connectivity index (χ1) is 11.0. The fourth-order valence-corrected chi connectivity index (χ4v) is 2.33. The number of nitrogens with zero attached hydrogens (tertiary/aromatic N) is 2. The van der Waals surface area contributed by atoms with Crippen LogP contribution in [0, 0.1) is 25.5 Å². The van der Waals surface area contributed by atoms with Crippen LogP contribution in [0.15, 0.2) is 23.4 Å². The Bertz CT molecular complexity index is 781. The third-order valence-electron chi connectivity index (χ3n) is 3.58. The smallest absolute Gasteiger partial charge is 0.268 e. The zero-order chi connectivity index (χ0) is 16.6. The molecule has 1 aliphatic heterocycles. The lowest BCUT2D eigenvalue weighted by Gasteiger charge is -2.09. The highest BCUT2D eigenvalue weighted by Crippen LogP contribution is 2.22. The normalized spacial score (nSPS) is 16.9. The molecule has 6 nitrogen and oxygen atoms in total. The predicted molar refractivity (Wildman–Crippen MR) is 79.1 cm³/mol. The fraction of sp³-hybridized carbons (Fsp3) is 0.267. The SMILES string of the molecule is Cc1n[nH]c(C)c1NC(=O)[C@H]1CC(c2cc(F)ccc2F)=NO1. The first-order valence-electron chi connectivity index (χ1n) is 6.96. The van der Waals surface area contributed by atoms with Gasteiger partial charge in [-0.1, -0.05) is 5.16 Å². The second-order valence-electron chi connectivity index (χ2n) is 5.26. The van der Waals surface area contributed by atoms with Crippen molar-refractivity contribution in [1.29, 1.82) is 0 Å². The molecule has 1 aromatic heterocycles. The van der Waals surface area contributed by atoms with Crippen LogP contribution >= 0.6 is 0 Å². The standard InChI is InChI=1S/C15H14F2N4O2/c1-7-14(8(2)20-19-7)18-15(22)13-6-12(21-23-13)10-5-9(16)3-4-11(10)17/h3-5,13H,6H2,1-2H3,(H,18,22)(H,19,20)/t13-/m1/s1. The molecule has 2 heterocycles. The lowest BCUT2D eigenvalue weighted by molar-refractivity contribution is -0.125. The zero-order valence-corrected chi connectivity index (χ0v) is 12.5. The third-order valence-corrected chi connectivity index (χ3v) is 3.58. The number of aromatic nitrogens is 2. The molecule has 0 aliphatic carbocycles. The van der Waals surface area contributed by atoms with Gasteiger partial charge in [-0.05, 0) is 32.0 Å². The lowest BCUT2D eigenvalue weighted by Crippen LogP contribution is -2.28. The number of oxime groups is 1. The topological polar surface area (TPSA) is 79.4 Å². The number of benzene rings is 1. The van der Waals surface area contributed by atoms with E-state index >= 15 is 0 Å². The van der Waals surface area contributed by atoms with Crippen molar-refractivity contribution in [2.24, 2.45) is 5.16 Å². The number of carbonyl (C=O) groups is 1. The molecule has 3 rings (SSSR count). The van der Waals surface area contributed by atoms with E-state index in [0.29, 0.717) is 17.1 Å². The quantitative estimate of drug-likeness (QED) is 0.911. The van der Waals surface area contributed by atoms with Gasteiger partial charge in [0, 0.05) is 12.0 Å². The Morgan fingerprint density at radius 2 is 2.17 bits per heavy atom. The second-order valence-corrected chi connectivity index (χ2v) is 5.26. The molecule has 2 N–H and O–H groups in total. The molecule has 23 heavy (non-hydrogen) atoms. The number of aryl methyl sites for hydroxylation is 2. The van der Waals surface area contributed by atoms with E-state index in [1.54, 1.807) is 13.8 Å². The Kier molecular flexibility index (Phi) is 3.81. The molecule has 8 heteroatoms. The summed E-state index contributed by atoms with van der Waals surface area (Å²) >= 11 is 0. The van der Waals surface area contributed by atoms with Gasteiger partial charge in [-0.3, -0.25) is 9.89 Å². The number of H-pyrrole nitrogens is 1. The number of nitrogens with one attached hydrogen (secondary N) is 2. The maximum Gasteiger partial charge on any atom is 0.268 e. The van der Waals surface area contributed by atoms with Crippen LogP contribution in [0.5, 0.6) is 0 Å². The van der Waals surface area contributed by atoms with Crippen LogP contribution in [0.25, 0.3) is 0 Å².